The van der Waals surface area contributed by atoms with Crippen molar-refractivity contribution in [1.82, 2.24) is 4.57 Å². The second kappa shape index (κ2) is 8.89. The van der Waals surface area contributed by atoms with Crippen LogP contribution >= 0.6 is 11.8 Å². The summed E-state index contributed by atoms with van der Waals surface area (Å²) in [7, 11) is 0. The summed E-state index contributed by atoms with van der Waals surface area (Å²) in [5.41, 5.74) is 13.4. The third kappa shape index (κ3) is 3.46. The van der Waals surface area contributed by atoms with Crippen molar-refractivity contribution in [1.29, 1.82) is 0 Å². The lowest BCUT2D eigenvalue weighted by Gasteiger charge is -2.15. The second-order valence-corrected chi connectivity index (χ2v) is 11.8. The minimum atomic E-state index is 0.937. The summed E-state index contributed by atoms with van der Waals surface area (Å²) in [6.07, 6.45) is 0. The van der Waals surface area contributed by atoms with Gasteiger partial charge in [0.05, 0.1) is 11.0 Å². The van der Waals surface area contributed by atoms with Crippen molar-refractivity contribution in [3.8, 4) is 27.9 Å². The Morgan fingerprint density at radius 2 is 1.22 bits per heavy atom. The fraction of sp³-hybridized carbons (Fsp3) is 0.0526. The van der Waals surface area contributed by atoms with Crippen LogP contribution in [0, 0.1) is 0 Å². The molecule has 0 radical (unpaired) electrons. The van der Waals surface area contributed by atoms with E-state index in [0.717, 1.165) is 28.2 Å². The Morgan fingerprint density at radius 3 is 2.05 bits per heavy atom. The fourth-order valence-electron chi connectivity index (χ4n) is 6.67. The Morgan fingerprint density at radius 1 is 0.512 bits per heavy atom. The van der Waals surface area contributed by atoms with Crippen LogP contribution < -0.4 is 0 Å². The number of para-hydroxylation sites is 4. The molecule has 6 aromatic carbocycles. The van der Waals surface area contributed by atoms with Crippen molar-refractivity contribution in [2.45, 2.75) is 11.5 Å². The summed E-state index contributed by atoms with van der Waals surface area (Å²) in [5, 5.41) is 4.92. The zero-order valence-corrected chi connectivity index (χ0v) is 23.1. The predicted octanol–water partition coefficient (Wildman–Crippen LogP) is 10.8. The molecule has 3 heteroatoms. The highest BCUT2D eigenvalue weighted by Gasteiger charge is 2.19. The number of rotatable bonds is 2. The van der Waals surface area contributed by atoms with E-state index in [1.54, 1.807) is 0 Å². The van der Waals surface area contributed by atoms with Crippen LogP contribution in [0.4, 0.5) is 0 Å². The first-order valence-electron chi connectivity index (χ1n) is 14.1. The van der Waals surface area contributed by atoms with Crippen LogP contribution in [0.25, 0.3) is 71.7 Å². The monoisotopic (exact) mass is 543 g/mol. The average molecular weight is 544 g/mol. The van der Waals surface area contributed by atoms with Crippen LogP contribution in [0.15, 0.2) is 132 Å². The van der Waals surface area contributed by atoms with Gasteiger partial charge in [-0.05, 0) is 64.2 Å². The van der Waals surface area contributed by atoms with Crippen LogP contribution in [0.5, 0.6) is 0 Å². The minimum absolute atomic E-state index is 0.937. The molecule has 0 bridgehead atoms. The first-order valence-corrected chi connectivity index (χ1v) is 15.2. The molecule has 41 heavy (non-hydrogen) atoms. The van der Waals surface area contributed by atoms with Gasteiger partial charge in [0.2, 0.25) is 0 Å². The molecule has 0 amide bonds. The lowest BCUT2D eigenvalue weighted by Crippen LogP contribution is -1.97. The van der Waals surface area contributed by atoms with E-state index in [4.69, 9.17) is 4.42 Å². The van der Waals surface area contributed by atoms with Crippen molar-refractivity contribution in [3.63, 3.8) is 0 Å². The van der Waals surface area contributed by atoms with Gasteiger partial charge in [0, 0.05) is 44.3 Å². The van der Waals surface area contributed by atoms with Crippen LogP contribution in [-0.2, 0) is 11.5 Å². The van der Waals surface area contributed by atoms with Gasteiger partial charge in [0.1, 0.15) is 11.2 Å². The average Bonchev–Trinajstić information content (AvgIpc) is 3.51. The number of nitrogens with zero attached hydrogens (tertiary/aromatic N) is 1. The maximum Gasteiger partial charge on any atom is 0.143 e. The molecule has 0 spiro atoms. The van der Waals surface area contributed by atoms with Crippen molar-refractivity contribution in [3.05, 3.63) is 139 Å². The van der Waals surface area contributed by atoms with Gasteiger partial charge < -0.3 is 8.98 Å². The van der Waals surface area contributed by atoms with Gasteiger partial charge in [0.25, 0.3) is 0 Å². The lowest BCUT2D eigenvalue weighted by molar-refractivity contribution is 0.670. The second-order valence-electron chi connectivity index (χ2n) is 10.9. The molecule has 0 fully saturated rings. The normalized spacial score (nSPS) is 13.1. The van der Waals surface area contributed by atoms with E-state index >= 15 is 0 Å². The highest BCUT2D eigenvalue weighted by Crippen LogP contribution is 2.42. The lowest BCUT2D eigenvalue weighted by atomic mass is 9.92. The summed E-state index contributed by atoms with van der Waals surface area (Å²) in [5.74, 6) is 1.99. The Balaban J connectivity index is 1.22. The van der Waals surface area contributed by atoms with Gasteiger partial charge in [-0.2, -0.15) is 11.8 Å². The molecule has 0 unspecified atom stereocenters. The van der Waals surface area contributed by atoms with Crippen molar-refractivity contribution >= 4 is 55.5 Å². The maximum absolute atomic E-state index is 6.38. The summed E-state index contributed by atoms with van der Waals surface area (Å²) < 4.78 is 8.80. The molecule has 2 nitrogen and oxygen atoms in total. The molecular weight excluding hydrogens is 518 g/mol. The van der Waals surface area contributed by atoms with E-state index < -0.39 is 0 Å². The standard InChI is InChI=1S/C38H25NOS/c1-4-13-35-30(8-1)31-9-2-5-14-36(31)39(35)27-18-16-25-22-41-23-26-20-24(17-19-28(26)34(25)21-27)29-11-7-12-33-32-10-3-6-15-37(32)40-38(29)33/h1-21H,22-23H2. The molecule has 194 valence electrons. The number of furan rings is 1. The minimum Gasteiger partial charge on any atom is -0.455 e. The third-order valence-corrected chi connectivity index (χ3v) is 9.59. The highest BCUT2D eigenvalue weighted by atomic mass is 32.2. The molecule has 0 saturated heterocycles. The molecular formula is C38H25NOS. The van der Waals surface area contributed by atoms with E-state index in [9.17, 15) is 0 Å². The van der Waals surface area contributed by atoms with Crippen molar-refractivity contribution in [2.75, 3.05) is 0 Å². The first-order chi connectivity index (χ1) is 20.3. The van der Waals surface area contributed by atoms with Gasteiger partial charge in [-0.25, -0.2) is 0 Å². The number of fused-ring (bicyclic) bond motifs is 9. The highest BCUT2D eigenvalue weighted by molar-refractivity contribution is 7.97. The summed E-state index contributed by atoms with van der Waals surface area (Å²) in [4.78, 5) is 0. The molecule has 0 atom stereocenters. The zero-order chi connectivity index (χ0) is 26.9. The van der Waals surface area contributed by atoms with Crippen molar-refractivity contribution in [2.24, 2.45) is 0 Å². The number of thioether (sulfide) groups is 1. The molecule has 9 rings (SSSR count). The van der Waals surface area contributed by atoms with Gasteiger partial charge in [0.15, 0.2) is 0 Å². The van der Waals surface area contributed by atoms with E-state index in [0.29, 0.717) is 0 Å². The molecule has 1 aliphatic heterocycles. The van der Waals surface area contributed by atoms with E-state index in [1.165, 1.54) is 66.1 Å². The third-order valence-electron chi connectivity index (χ3n) is 8.56. The summed E-state index contributed by atoms with van der Waals surface area (Å²) >= 11 is 1.99. The summed E-state index contributed by atoms with van der Waals surface area (Å²) in [6.45, 7) is 0. The molecule has 0 saturated carbocycles. The molecule has 0 N–H and O–H groups in total. The summed E-state index contributed by atoms with van der Waals surface area (Å²) in [6, 6.07) is 46.3. The topological polar surface area (TPSA) is 18.1 Å². The molecule has 2 aromatic heterocycles. The van der Waals surface area contributed by atoms with E-state index in [2.05, 4.69) is 126 Å². The Kier molecular flexibility index (Phi) is 4.99. The zero-order valence-electron chi connectivity index (χ0n) is 22.3. The smallest absolute Gasteiger partial charge is 0.143 e. The van der Waals surface area contributed by atoms with Gasteiger partial charge in [-0.3, -0.25) is 0 Å². The first kappa shape index (κ1) is 23.0. The number of benzene rings is 6. The van der Waals surface area contributed by atoms with Crippen LogP contribution in [0.1, 0.15) is 11.1 Å². The molecule has 0 aliphatic carbocycles. The van der Waals surface area contributed by atoms with Gasteiger partial charge >= 0.3 is 0 Å². The Labute approximate surface area is 241 Å². The molecule has 1 aliphatic rings. The van der Waals surface area contributed by atoms with Gasteiger partial charge in [-0.15, -0.1) is 0 Å². The van der Waals surface area contributed by atoms with Crippen LogP contribution in [0.2, 0.25) is 0 Å². The fourth-order valence-corrected chi connectivity index (χ4v) is 7.70. The largest absolute Gasteiger partial charge is 0.455 e. The van der Waals surface area contributed by atoms with Gasteiger partial charge in [-0.1, -0.05) is 91.0 Å². The van der Waals surface area contributed by atoms with Crippen LogP contribution in [0.3, 0.4) is 0 Å². The van der Waals surface area contributed by atoms with E-state index in [1.807, 2.05) is 17.8 Å². The number of hydrogen-bond donors (Lipinski definition) is 0. The van der Waals surface area contributed by atoms with E-state index in [-0.39, 0.29) is 0 Å². The predicted molar refractivity (Wildman–Crippen MR) is 174 cm³/mol. The van der Waals surface area contributed by atoms with Crippen molar-refractivity contribution < 1.29 is 4.42 Å². The van der Waals surface area contributed by atoms with Crippen LogP contribution in [-0.4, -0.2) is 4.57 Å². The Hall–Kier alpha value is -4.73. The molecule has 3 heterocycles. The quantitative estimate of drug-likeness (QED) is 0.216. The number of hydrogen-bond acceptors (Lipinski definition) is 2. The Bertz CT molecular complexity index is 2250. The maximum atomic E-state index is 6.38. The SMILES string of the molecule is c1ccc2c(c1)oc1c(-c3ccc4c(c3)CSCc3ccc(-n5c6ccccc6c6ccccc65)cc3-4)cccc12. The molecule has 8 aromatic rings. The number of aromatic nitrogens is 1.